The van der Waals surface area contributed by atoms with Crippen molar-refractivity contribution in [3.63, 3.8) is 0 Å². The predicted octanol–water partition coefficient (Wildman–Crippen LogP) is 2.37. The summed E-state index contributed by atoms with van der Waals surface area (Å²) in [6.07, 6.45) is 2.84. The van der Waals surface area contributed by atoms with E-state index in [4.69, 9.17) is 0 Å². The monoisotopic (exact) mass is 173 g/mol. The van der Waals surface area contributed by atoms with E-state index in [1.54, 1.807) is 0 Å². The van der Waals surface area contributed by atoms with Crippen LogP contribution in [-0.4, -0.2) is 19.3 Å². The lowest BCUT2D eigenvalue weighted by molar-refractivity contribution is 0.162. The van der Waals surface area contributed by atoms with Gasteiger partial charge in [-0.1, -0.05) is 20.3 Å². The summed E-state index contributed by atoms with van der Waals surface area (Å²) in [6, 6.07) is 0. The van der Waals surface area contributed by atoms with E-state index in [9.17, 15) is 4.39 Å². The molecule has 2 atom stereocenters. The van der Waals surface area contributed by atoms with Crippen LogP contribution in [0, 0.1) is 11.8 Å². The number of halogens is 1. The third kappa shape index (κ3) is 2.74. The Morgan fingerprint density at radius 1 is 1.33 bits per heavy atom. The molecule has 1 aliphatic heterocycles. The molecular formula is C10H20FN. The Bertz CT molecular complexity index is 117. The Balaban J connectivity index is 2.37. The maximum atomic E-state index is 13.6. The van der Waals surface area contributed by atoms with Gasteiger partial charge in [-0.2, -0.15) is 0 Å². The fourth-order valence-corrected chi connectivity index (χ4v) is 1.86. The Hall–Kier alpha value is -0.110. The van der Waals surface area contributed by atoms with Gasteiger partial charge in [0.1, 0.15) is 6.17 Å². The summed E-state index contributed by atoms with van der Waals surface area (Å²) >= 11 is 0. The second-order valence-electron chi connectivity index (χ2n) is 4.15. The van der Waals surface area contributed by atoms with Gasteiger partial charge in [0.05, 0.1) is 0 Å². The Kier molecular flexibility index (Phi) is 3.99. The molecule has 1 N–H and O–H groups in total. The number of hydrogen-bond acceptors (Lipinski definition) is 1. The van der Waals surface area contributed by atoms with Crippen LogP contribution >= 0.6 is 0 Å². The van der Waals surface area contributed by atoms with Gasteiger partial charge in [-0.05, 0) is 25.3 Å². The summed E-state index contributed by atoms with van der Waals surface area (Å²) in [5.74, 6) is 0.433. The maximum absolute atomic E-state index is 13.6. The van der Waals surface area contributed by atoms with Crippen LogP contribution in [0.15, 0.2) is 0 Å². The van der Waals surface area contributed by atoms with Crippen molar-refractivity contribution in [1.29, 1.82) is 0 Å². The van der Waals surface area contributed by atoms with Crippen molar-refractivity contribution in [2.45, 2.75) is 39.3 Å². The van der Waals surface area contributed by atoms with Gasteiger partial charge in [-0.25, -0.2) is 4.39 Å². The van der Waals surface area contributed by atoms with Crippen molar-refractivity contribution < 1.29 is 4.39 Å². The van der Waals surface area contributed by atoms with E-state index in [0.717, 1.165) is 19.5 Å². The molecule has 0 aromatic carbocycles. The first-order valence-electron chi connectivity index (χ1n) is 5.06. The lowest BCUT2D eigenvalue weighted by Gasteiger charge is -2.21. The van der Waals surface area contributed by atoms with Crippen LogP contribution in [0.5, 0.6) is 0 Å². The number of alkyl halides is 1. The van der Waals surface area contributed by atoms with E-state index in [1.807, 2.05) is 13.8 Å². The summed E-state index contributed by atoms with van der Waals surface area (Å²) in [4.78, 5) is 0. The van der Waals surface area contributed by atoms with Crippen molar-refractivity contribution in [3.05, 3.63) is 0 Å². The van der Waals surface area contributed by atoms with Gasteiger partial charge < -0.3 is 5.32 Å². The average Bonchev–Trinajstić information content (AvgIpc) is 2.30. The Morgan fingerprint density at radius 2 is 2.08 bits per heavy atom. The second-order valence-corrected chi connectivity index (χ2v) is 4.15. The molecule has 1 fully saturated rings. The highest BCUT2D eigenvalue weighted by atomic mass is 19.1. The fourth-order valence-electron chi connectivity index (χ4n) is 1.86. The van der Waals surface area contributed by atoms with Gasteiger partial charge in [-0.3, -0.25) is 0 Å². The fraction of sp³-hybridized carbons (Fsp3) is 1.00. The van der Waals surface area contributed by atoms with Crippen LogP contribution in [0.25, 0.3) is 0 Å². The lowest BCUT2D eigenvalue weighted by atomic mass is 9.91. The van der Waals surface area contributed by atoms with Crippen LogP contribution < -0.4 is 5.32 Å². The van der Waals surface area contributed by atoms with Crippen LogP contribution in [0.2, 0.25) is 0 Å². The standard InChI is InChI=1S/C10H20FN/c1-8(2)10(11)9-5-3-4-6-12-7-9/h8-10,12H,3-7H2,1-2H3. The normalized spacial score (nSPS) is 28.5. The second kappa shape index (κ2) is 4.80. The van der Waals surface area contributed by atoms with E-state index >= 15 is 0 Å². The Morgan fingerprint density at radius 3 is 2.75 bits per heavy atom. The number of rotatable bonds is 2. The van der Waals surface area contributed by atoms with E-state index in [0.29, 0.717) is 0 Å². The summed E-state index contributed by atoms with van der Waals surface area (Å²) in [5, 5.41) is 3.29. The molecule has 12 heavy (non-hydrogen) atoms. The average molecular weight is 173 g/mol. The summed E-state index contributed by atoms with van der Waals surface area (Å²) in [5.41, 5.74) is 0. The molecule has 0 aromatic heterocycles. The Labute approximate surface area is 74.7 Å². The summed E-state index contributed by atoms with van der Waals surface area (Å²) in [7, 11) is 0. The molecule has 0 amide bonds. The third-order valence-corrected chi connectivity index (χ3v) is 2.67. The first kappa shape index (κ1) is 9.97. The highest BCUT2D eigenvalue weighted by Crippen LogP contribution is 2.22. The molecule has 2 unspecified atom stereocenters. The van der Waals surface area contributed by atoms with E-state index in [2.05, 4.69) is 5.32 Å². The molecule has 1 nitrogen and oxygen atoms in total. The van der Waals surface area contributed by atoms with Gasteiger partial charge >= 0.3 is 0 Å². The van der Waals surface area contributed by atoms with Crippen molar-refractivity contribution in [2.24, 2.45) is 11.8 Å². The van der Waals surface area contributed by atoms with E-state index in [-0.39, 0.29) is 11.8 Å². The van der Waals surface area contributed by atoms with Gasteiger partial charge in [0.25, 0.3) is 0 Å². The minimum absolute atomic E-state index is 0.176. The molecule has 0 bridgehead atoms. The van der Waals surface area contributed by atoms with Crippen LogP contribution in [0.4, 0.5) is 4.39 Å². The highest BCUT2D eigenvalue weighted by Gasteiger charge is 2.24. The van der Waals surface area contributed by atoms with Crippen LogP contribution in [-0.2, 0) is 0 Å². The molecular weight excluding hydrogens is 153 g/mol. The van der Waals surface area contributed by atoms with Crippen LogP contribution in [0.3, 0.4) is 0 Å². The smallest absolute Gasteiger partial charge is 0.106 e. The quantitative estimate of drug-likeness (QED) is 0.676. The number of hydrogen-bond donors (Lipinski definition) is 1. The topological polar surface area (TPSA) is 12.0 Å². The molecule has 2 heteroatoms. The molecule has 72 valence electrons. The molecule has 1 saturated heterocycles. The molecule has 1 rings (SSSR count). The SMILES string of the molecule is CC(C)C(F)C1CCCCNC1. The lowest BCUT2D eigenvalue weighted by Crippen LogP contribution is -2.30. The zero-order chi connectivity index (χ0) is 8.97. The van der Waals surface area contributed by atoms with Gasteiger partial charge in [0.2, 0.25) is 0 Å². The van der Waals surface area contributed by atoms with Crippen molar-refractivity contribution >= 4 is 0 Å². The van der Waals surface area contributed by atoms with Crippen molar-refractivity contribution in [2.75, 3.05) is 13.1 Å². The van der Waals surface area contributed by atoms with Crippen LogP contribution in [0.1, 0.15) is 33.1 Å². The van der Waals surface area contributed by atoms with Gasteiger partial charge in [0, 0.05) is 12.5 Å². The first-order chi connectivity index (χ1) is 5.72. The highest BCUT2D eigenvalue weighted by molar-refractivity contribution is 4.76. The predicted molar refractivity (Wildman–Crippen MR) is 49.9 cm³/mol. The molecule has 0 spiro atoms. The zero-order valence-corrected chi connectivity index (χ0v) is 8.15. The molecule has 1 aliphatic rings. The number of nitrogens with one attached hydrogen (secondary N) is 1. The van der Waals surface area contributed by atoms with E-state index in [1.165, 1.54) is 12.8 Å². The molecule has 0 aromatic rings. The molecule has 0 saturated carbocycles. The summed E-state index contributed by atoms with van der Waals surface area (Å²) in [6.45, 7) is 5.88. The third-order valence-electron chi connectivity index (χ3n) is 2.67. The molecule has 1 heterocycles. The minimum atomic E-state index is -0.615. The molecule has 0 radical (unpaired) electrons. The minimum Gasteiger partial charge on any atom is -0.316 e. The first-order valence-corrected chi connectivity index (χ1v) is 5.06. The van der Waals surface area contributed by atoms with Crippen molar-refractivity contribution in [3.8, 4) is 0 Å². The van der Waals surface area contributed by atoms with Crippen molar-refractivity contribution in [1.82, 2.24) is 5.32 Å². The van der Waals surface area contributed by atoms with E-state index < -0.39 is 6.17 Å². The molecule has 0 aliphatic carbocycles. The zero-order valence-electron chi connectivity index (χ0n) is 8.15. The largest absolute Gasteiger partial charge is 0.316 e. The maximum Gasteiger partial charge on any atom is 0.106 e. The van der Waals surface area contributed by atoms with Gasteiger partial charge in [-0.15, -0.1) is 0 Å². The summed E-state index contributed by atoms with van der Waals surface area (Å²) < 4.78 is 13.6. The van der Waals surface area contributed by atoms with Gasteiger partial charge in [0.15, 0.2) is 0 Å².